The number of amides is 2. The standard InChI is InChI=1S/C18H36N2O2.2ClH/c1-3-18(4-2,17(20)22)15-13-11-9-7-5-6-8-10-12-14-16(19)21;;/h3-15H2,1-2H3,(H2,19,21)(H2,20,22);2*1H. The molecule has 0 rings (SSSR count). The Bertz CT molecular complexity index is 322. The smallest absolute Gasteiger partial charge is 0.223 e. The van der Waals surface area contributed by atoms with Crippen LogP contribution in [-0.4, -0.2) is 11.8 Å². The van der Waals surface area contributed by atoms with Gasteiger partial charge in [0.2, 0.25) is 11.8 Å². The number of halogens is 2. The van der Waals surface area contributed by atoms with E-state index in [-0.39, 0.29) is 42.0 Å². The van der Waals surface area contributed by atoms with Crippen LogP contribution in [0.4, 0.5) is 0 Å². The SMILES string of the molecule is CCC(CC)(CCCCCCCCCCCC(N)=O)C(N)=O.Cl.Cl. The zero-order valence-electron chi connectivity index (χ0n) is 15.5. The highest BCUT2D eigenvalue weighted by Crippen LogP contribution is 2.32. The highest BCUT2D eigenvalue weighted by Gasteiger charge is 2.31. The van der Waals surface area contributed by atoms with Crippen LogP contribution in [0.2, 0.25) is 0 Å². The minimum absolute atomic E-state index is 0. The van der Waals surface area contributed by atoms with E-state index < -0.39 is 0 Å². The van der Waals surface area contributed by atoms with Crippen LogP contribution in [0.15, 0.2) is 0 Å². The number of rotatable bonds is 15. The van der Waals surface area contributed by atoms with Gasteiger partial charge in [0.05, 0.1) is 0 Å². The summed E-state index contributed by atoms with van der Waals surface area (Å²) in [6.07, 6.45) is 13.7. The van der Waals surface area contributed by atoms with E-state index in [0.717, 1.165) is 38.5 Å². The molecule has 6 heteroatoms. The van der Waals surface area contributed by atoms with Crippen molar-refractivity contribution in [1.82, 2.24) is 0 Å². The number of hydrogen-bond acceptors (Lipinski definition) is 2. The number of unbranched alkanes of at least 4 members (excludes halogenated alkanes) is 8. The second-order valence-electron chi connectivity index (χ2n) is 6.50. The number of nitrogens with two attached hydrogens (primary N) is 2. The monoisotopic (exact) mass is 384 g/mol. The van der Waals surface area contributed by atoms with E-state index in [0.29, 0.717) is 6.42 Å². The van der Waals surface area contributed by atoms with Crippen LogP contribution in [0.3, 0.4) is 0 Å². The maximum Gasteiger partial charge on any atom is 0.223 e. The maximum absolute atomic E-state index is 11.6. The molecule has 0 aromatic carbocycles. The lowest BCUT2D eigenvalue weighted by atomic mass is 9.77. The first kappa shape index (κ1) is 28.3. The average molecular weight is 385 g/mol. The molecule has 24 heavy (non-hydrogen) atoms. The molecule has 4 N–H and O–H groups in total. The van der Waals surface area contributed by atoms with Crippen molar-refractivity contribution in [3.8, 4) is 0 Å². The summed E-state index contributed by atoms with van der Waals surface area (Å²) in [6.45, 7) is 4.12. The Kier molecular flexibility index (Phi) is 20.5. The molecule has 0 aromatic rings. The number of carbonyl (C=O) groups excluding carboxylic acids is 2. The number of hydrogen-bond donors (Lipinski definition) is 2. The Morgan fingerprint density at radius 3 is 1.42 bits per heavy atom. The minimum atomic E-state index is -0.277. The van der Waals surface area contributed by atoms with Gasteiger partial charge in [0, 0.05) is 11.8 Å². The molecule has 0 aromatic heterocycles. The van der Waals surface area contributed by atoms with Gasteiger partial charge in [-0.15, -0.1) is 24.8 Å². The quantitative estimate of drug-likeness (QED) is 0.393. The zero-order chi connectivity index (χ0) is 16.8. The van der Waals surface area contributed by atoms with Gasteiger partial charge in [-0.3, -0.25) is 9.59 Å². The molecule has 146 valence electrons. The lowest BCUT2D eigenvalue weighted by Gasteiger charge is -2.27. The van der Waals surface area contributed by atoms with Crippen LogP contribution < -0.4 is 11.5 Å². The molecule has 0 radical (unpaired) electrons. The summed E-state index contributed by atoms with van der Waals surface area (Å²) in [6, 6.07) is 0. The van der Waals surface area contributed by atoms with Crippen LogP contribution in [0, 0.1) is 5.41 Å². The Morgan fingerprint density at radius 2 is 1.08 bits per heavy atom. The van der Waals surface area contributed by atoms with Crippen molar-refractivity contribution in [1.29, 1.82) is 0 Å². The van der Waals surface area contributed by atoms with E-state index >= 15 is 0 Å². The van der Waals surface area contributed by atoms with Crippen molar-refractivity contribution < 1.29 is 9.59 Å². The fourth-order valence-corrected chi connectivity index (χ4v) is 3.08. The van der Waals surface area contributed by atoms with Gasteiger partial charge in [0.15, 0.2) is 0 Å². The summed E-state index contributed by atoms with van der Waals surface area (Å²) in [5.74, 6) is -0.320. The lowest BCUT2D eigenvalue weighted by Crippen LogP contribution is -2.36. The second-order valence-corrected chi connectivity index (χ2v) is 6.50. The number of primary amides is 2. The first-order valence-corrected chi connectivity index (χ1v) is 9.06. The molecule has 4 nitrogen and oxygen atoms in total. The molecule has 0 fully saturated rings. The molecule has 0 saturated heterocycles. The Balaban J connectivity index is -0.00000220. The second kappa shape index (κ2) is 17.3. The fourth-order valence-electron chi connectivity index (χ4n) is 3.08. The van der Waals surface area contributed by atoms with Gasteiger partial charge in [-0.05, 0) is 25.7 Å². The van der Waals surface area contributed by atoms with E-state index in [1.54, 1.807) is 0 Å². The summed E-state index contributed by atoms with van der Waals surface area (Å²) < 4.78 is 0. The molecule has 0 saturated carbocycles. The van der Waals surface area contributed by atoms with Crippen molar-refractivity contribution in [3.05, 3.63) is 0 Å². The third kappa shape index (κ3) is 12.9. The molecule has 2 amide bonds. The van der Waals surface area contributed by atoms with E-state index in [2.05, 4.69) is 13.8 Å². The highest BCUT2D eigenvalue weighted by atomic mass is 35.5. The van der Waals surface area contributed by atoms with E-state index in [4.69, 9.17) is 11.5 Å². The summed E-state index contributed by atoms with van der Waals surface area (Å²) in [4.78, 5) is 22.2. The molecule has 0 aliphatic heterocycles. The Hall–Kier alpha value is -0.480. The molecule has 0 unspecified atom stereocenters. The third-order valence-corrected chi connectivity index (χ3v) is 4.95. The predicted molar refractivity (Wildman–Crippen MR) is 107 cm³/mol. The van der Waals surface area contributed by atoms with Crippen LogP contribution in [0.5, 0.6) is 0 Å². The van der Waals surface area contributed by atoms with Gasteiger partial charge in [0.1, 0.15) is 0 Å². The van der Waals surface area contributed by atoms with Crippen LogP contribution in [-0.2, 0) is 9.59 Å². The largest absolute Gasteiger partial charge is 0.370 e. The third-order valence-electron chi connectivity index (χ3n) is 4.95. The number of carbonyl (C=O) groups is 2. The van der Waals surface area contributed by atoms with Gasteiger partial charge < -0.3 is 11.5 Å². The molecule has 0 atom stereocenters. The summed E-state index contributed by atoms with van der Waals surface area (Å²) >= 11 is 0. The molecular formula is C18H38Cl2N2O2. The normalized spacial score (nSPS) is 10.6. The molecular weight excluding hydrogens is 347 g/mol. The lowest BCUT2D eigenvalue weighted by molar-refractivity contribution is -0.128. The van der Waals surface area contributed by atoms with E-state index in [9.17, 15) is 9.59 Å². The van der Waals surface area contributed by atoms with Gasteiger partial charge in [-0.1, -0.05) is 65.2 Å². The molecule has 0 heterocycles. The van der Waals surface area contributed by atoms with Gasteiger partial charge in [-0.25, -0.2) is 0 Å². The topological polar surface area (TPSA) is 86.2 Å². The van der Waals surface area contributed by atoms with Crippen LogP contribution in [0.1, 0.15) is 97.3 Å². The van der Waals surface area contributed by atoms with Crippen LogP contribution in [0.25, 0.3) is 0 Å². The molecule has 0 aliphatic rings. The van der Waals surface area contributed by atoms with Gasteiger partial charge >= 0.3 is 0 Å². The highest BCUT2D eigenvalue weighted by molar-refractivity contribution is 5.85. The average Bonchev–Trinajstić information content (AvgIpc) is 2.48. The minimum Gasteiger partial charge on any atom is -0.370 e. The first-order chi connectivity index (χ1) is 10.5. The van der Waals surface area contributed by atoms with E-state index in [1.807, 2.05) is 0 Å². The van der Waals surface area contributed by atoms with Crippen molar-refractivity contribution >= 4 is 36.6 Å². The molecule has 0 aliphatic carbocycles. The van der Waals surface area contributed by atoms with Gasteiger partial charge in [0.25, 0.3) is 0 Å². The Morgan fingerprint density at radius 1 is 0.708 bits per heavy atom. The van der Waals surface area contributed by atoms with Crippen molar-refractivity contribution in [2.75, 3.05) is 0 Å². The van der Waals surface area contributed by atoms with Gasteiger partial charge in [-0.2, -0.15) is 0 Å². The van der Waals surface area contributed by atoms with Crippen LogP contribution >= 0.6 is 24.8 Å². The molecule has 0 bridgehead atoms. The summed E-state index contributed by atoms with van der Waals surface area (Å²) in [5.41, 5.74) is 10.4. The van der Waals surface area contributed by atoms with Crippen molar-refractivity contribution in [3.63, 3.8) is 0 Å². The van der Waals surface area contributed by atoms with E-state index in [1.165, 1.54) is 38.5 Å². The summed E-state index contributed by atoms with van der Waals surface area (Å²) in [5, 5.41) is 0. The zero-order valence-corrected chi connectivity index (χ0v) is 17.1. The predicted octanol–water partition coefficient (Wildman–Crippen LogP) is 4.90. The molecule has 0 spiro atoms. The fraction of sp³-hybridized carbons (Fsp3) is 0.889. The van der Waals surface area contributed by atoms with Crippen molar-refractivity contribution in [2.24, 2.45) is 16.9 Å². The Labute approximate surface area is 160 Å². The summed E-state index contributed by atoms with van der Waals surface area (Å²) in [7, 11) is 0. The van der Waals surface area contributed by atoms with Crippen molar-refractivity contribution in [2.45, 2.75) is 97.3 Å². The maximum atomic E-state index is 11.6. The first-order valence-electron chi connectivity index (χ1n) is 9.06.